The number of para-hydroxylation sites is 2. The first-order valence-corrected chi connectivity index (χ1v) is 10.5. The highest BCUT2D eigenvalue weighted by Crippen LogP contribution is 2.22. The van der Waals surface area contributed by atoms with Crippen molar-refractivity contribution in [2.45, 2.75) is 13.0 Å². The van der Waals surface area contributed by atoms with Crippen molar-refractivity contribution in [3.05, 3.63) is 75.7 Å². The number of amides is 2. The highest BCUT2D eigenvalue weighted by molar-refractivity contribution is 9.11. The molecule has 1 unspecified atom stereocenters. The number of nitrogens with zero attached hydrogens (tertiary/aromatic N) is 2. The average molecular weight is 469 g/mol. The number of hydrogen-bond acceptors (Lipinski definition) is 4. The minimum atomic E-state index is -0.666. The Kier molecular flexibility index (Phi) is 5.46. The van der Waals surface area contributed by atoms with Crippen LogP contribution in [-0.4, -0.2) is 27.4 Å². The summed E-state index contributed by atoms with van der Waals surface area (Å²) in [6.45, 7) is 1.65. The Morgan fingerprint density at radius 2 is 1.83 bits per heavy atom. The van der Waals surface area contributed by atoms with E-state index in [9.17, 15) is 9.59 Å². The third-order valence-electron chi connectivity index (χ3n) is 4.40. The lowest BCUT2D eigenvalue weighted by atomic mass is 10.2. The maximum Gasteiger partial charge on any atom is 0.262 e. The van der Waals surface area contributed by atoms with Crippen molar-refractivity contribution >= 4 is 55.8 Å². The molecule has 2 N–H and O–H groups in total. The summed E-state index contributed by atoms with van der Waals surface area (Å²) in [6.07, 6.45) is 1.78. The molecule has 4 aromatic rings. The van der Waals surface area contributed by atoms with E-state index in [0.717, 1.165) is 20.5 Å². The predicted molar refractivity (Wildman–Crippen MR) is 119 cm³/mol. The number of hydrogen-bond donors (Lipinski definition) is 2. The summed E-state index contributed by atoms with van der Waals surface area (Å²) in [7, 11) is 0. The zero-order valence-corrected chi connectivity index (χ0v) is 17.8. The van der Waals surface area contributed by atoms with Crippen LogP contribution in [0.3, 0.4) is 0 Å². The van der Waals surface area contributed by atoms with Gasteiger partial charge in [0.2, 0.25) is 5.91 Å². The topological polar surface area (TPSA) is 76.0 Å². The van der Waals surface area contributed by atoms with E-state index in [2.05, 4.69) is 31.5 Å². The fourth-order valence-electron chi connectivity index (χ4n) is 2.89. The molecule has 0 aliphatic rings. The summed E-state index contributed by atoms with van der Waals surface area (Å²) < 4.78 is 2.86. The molecule has 2 amide bonds. The van der Waals surface area contributed by atoms with Gasteiger partial charge in [0.05, 0.1) is 19.7 Å². The quantitative estimate of drug-likeness (QED) is 0.449. The number of carbonyl (C=O) groups excluding carboxylic acids is 2. The maximum absolute atomic E-state index is 12.4. The lowest BCUT2D eigenvalue weighted by Gasteiger charge is -2.14. The molecule has 0 radical (unpaired) electrons. The summed E-state index contributed by atoms with van der Waals surface area (Å²) in [5, 5.41) is 5.54. The van der Waals surface area contributed by atoms with Gasteiger partial charge >= 0.3 is 0 Å². The smallest absolute Gasteiger partial charge is 0.262 e. The largest absolute Gasteiger partial charge is 0.340 e. The number of carbonyl (C=O) groups is 2. The molecule has 0 saturated carbocycles. The van der Waals surface area contributed by atoms with Crippen molar-refractivity contribution in [1.82, 2.24) is 14.9 Å². The summed E-state index contributed by atoms with van der Waals surface area (Å²) in [4.78, 5) is 29.6. The van der Waals surface area contributed by atoms with Gasteiger partial charge in [-0.25, -0.2) is 4.98 Å². The minimum Gasteiger partial charge on any atom is -0.340 e. The van der Waals surface area contributed by atoms with Gasteiger partial charge in [-0.3, -0.25) is 14.2 Å². The van der Waals surface area contributed by atoms with Crippen molar-refractivity contribution in [1.29, 1.82) is 0 Å². The van der Waals surface area contributed by atoms with Crippen LogP contribution in [0.1, 0.15) is 16.6 Å². The second-order valence-corrected chi connectivity index (χ2v) is 8.90. The molecule has 0 aliphatic heterocycles. The van der Waals surface area contributed by atoms with E-state index in [-0.39, 0.29) is 11.8 Å². The van der Waals surface area contributed by atoms with Crippen LogP contribution < -0.4 is 10.6 Å². The molecule has 2 aromatic carbocycles. The molecule has 2 heterocycles. The van der Waals surface area contributed by atoms with Crippen LogP contribution in [0.25, 0.3) is 16.7 Å². The average Bonchev–Trinajstić information content (AvgIpc) is 3.35. The molecule has 0 aliphatic carbocycles. The van der Waals surface area contributed by atoms with Crippen LogP contribution in [0, 0.1) is 0 Å². The minimum absolute atomic E-state index is 0.273. The molecule has 146 valence electrons. The second kappa shape index (κ2) is 8.18. The van der Waals surface area contributed by atoms with E-state index >= 15 is 0 Å². The normalized spacial score (nSPS) is 11.9. The number of aromatic nitrogens is 2. The summed E-state index contributed by atoms with van der Waals surface area (Å²) in [6, 6.07) is 18.2. The van der Waals surface area contributed by atoms with Gasteiger partial charge in [0, 0.05) is 11.4 Å². The first kappa shape index (κ1) is 19.4. The lowest BCUT2D eigenvalue weighted by molar-refractivity contribution is -0.117. The highest BCUT2D eigenvalue weighted by atomic mass is 79.9. The Hall–Kier alpha value is -2.97. The fourth-order valence-corrected chi connectivity index (χ4v) is 4.18. The molecule has 6 nitrogen and oxygen atoms in total. The van der Waals surface area contributed by atoms with Gasteiger partial charge in [-0.1, -0.05) is 12.1 Å². The van der Waals surface area contributed by atoms with Gasteiger partial charge in [0.1, 0.15) is 12.4 Å². The third kappa shape index (κ3) is 4.23. The number of halogens is 1. The van der Waals surface area contributed by atoms with E-state index in [1.54, 1.807) is 25.4 Å². The molecule has 0 bridgehead atoms. The van der Waals surface area contributed by atoms with E-state index in [4.69, 9.17) is 0 Å². The van der Waals surface area contributed by atoms with Crippen LogP contribution in [0.4, 0.5) is 5.69 Å². The van der Waals surface area contributed by atoms with Crippen LogP contribution in [-0.2, 0) is 4.79 Å². The predicted octanol–water partition coefficient (Wildman–Crippen LogP) is 4.61. The Morgan fingerprint density at radius 3 is 2.55 bits per heavy atom. The Balaban J connectivity index is 1.41. The monoisotopic (exact) mass is 468 g/mol. The third-order valence-corrected chi connectivity index (χ3v) is 6.03. The van der Waals surface area contributed by atoms with Crippen LogP contribution in [0.15, 0.2) is 70.8 Å². The molecule has 29 heavy (non-hydrogen) atoms. The molecule has 0 saturated heterocycles. The number of thiophene rings is 1. The Bertz CT molecular complexity index is 1180. The second-order valence-electron chi connectivity index (χ2n) is 6.44. The van der Waals surface area contributed by atoms with Gasteiger partial charge in [-0.15, -0.1) is 11.3 Å². The Labute approximate surface area is 179 Å². The summed E-state index contributed by atoms with van der Waals surface area (Å²) in [5.74, 6) is -0.555. The number of nitrogens with one attached hydrogen (secondary N) is 2. The molecule has 2 aromatic heterocycles. The van der Waals surface area contributed by atoms with Crippen molar-refractivity contribution < 1.29 is 9.59 Å². The summed E-state index contributed by atoms with van der Waals surface area (Å²) >= 11 is 4.65. The zero-order valence-electron chi connectivity index (χ0n) is 15.4. The van der Waals surface area contributed by atoms with Gasteiger partial charge in [-0.2, -0.15) is 0 Å². The zero-order chi connectivity index (χ0) is 20.4. The first-order valence-electron chi connectivity index (χ1n) is 8.91. The molecular weight excluding hydrogens is 452 g/mol. The molecule has 1 atom stereocenters. The number of anilines is 1. The van der Waals surface area contributed by atoms with Gasteiger partial charge in [0.25, 0.3) is 5.91 Å². The number of imidazole rings is 1. The van der Waals surface area contributed by atoms with Crippen molar-refractivity contribution in [3.8, 4) is 5.69 Å². The van der Waals surface area contributed by atoms with Crippen LogP contribution in [0.5, 0.6) is 0 Å². The molecule has 0 fully saturated rings. The Morgan fingerprint density at radius 1 is 1.07 bits per heavy atom. The lowest BCUT2D eigenvalue weighted by Crippen LogP contribution is -2.41. The number of rotatable bonds is 5. The van der Waals surface area contributed by atoms with Gasteiger partial charge in [-0.05, 0) is 71.4 Å². The standard InChI is InChI=1S/C21H17BrN4O2S/c1-13(24-21(28)18-10-11-19(22)29-18)20(27)25-14-6-8-15(9-7-14)26-12-23-16-4-2-3-5-17(16)26/h2-13H,1H3,(H,24,28)(H,25,27). The molecule has 0 spiro atoms. The van der Waals surface area contributed by atoms with E-state index in [1.165, 1.54) is 11.3 Å². The van der Waals surface area contributed by atoms with Gasteiger partial charge in [0.15, 0.2) is 0 Å². The van der Waals surface area contributed by atoms with E-state index in [0.29, 0.717) is 10.6 Å². The highest BCUT2D eigenvalue weighted by Gasteiger charge is 2.18. The first-order chi connectivity index (χ1) is 14.0. The number of benzene rings is 2. The molecule has 8 heteroatoms. The van der Waals surface area contributed by atoms with Gasteiger partial charge < -0.3 is 10.6 Å². The fraction of sp³-hybridized carbons (Fsp3) is 0.0952. The summed E-state index contributed by atoms with van der Waals surface area (Å²) in [5.41, 5.74) is 3.54. The van der Waals surface area contributed by atoms with Crippen LogP contribution in [0.2, 0.25) is 0 Å². The van der Waals surface area contributed by atoms with Crippen molar-refractivity contribution in [2.24, 2.45) is 0 Å². The van der Waals surface area contributed by atoms with Crippen LogP contribution >= 0.6 is 27.3 Å². The SMILES string of the molecule is CC(NC(=O)c1ccc(Br)s1)C(=O)Nc1ccc(-n2cnc3ccccc32)cc1. The van der Waals surface area contributed by atoms with Crippen molar-refractivity contribution in [3.63, 3.8) is 0 Å². The van der Waals surface area contributed by atoms with Crippen molar-refractivity contribution in [2.75, 3.05) is 5.32 Å². The van der Waals surface area contributed by atoms with E-state index in [1.807, 2.05) is 53.1 Å². The molecule has 4 rings (SSSR count). The molecular formula is C21H17BrN4O2S. The number of fused-ring (bicyclic) bond motifs is 1. The van der Waals surface area contributed by atoms with E-state index < -0.39 is 6.04 Å². The maximum atomic E-state index is 12.4.